The second-order valence-corrected chi connectivity index (χ2v) is 4.31. The third-order valence-electron chi connectivity index (χ3n) is 2.02. The average Bonchev–Trinajstić information content (AvgIpc) is 2.71. The van der Waals surface area contributed by atoms with Crippen molar-refractivity contribution in [2.45, 2.75) is 12.8 Å². The molecule has 0 bridgehead atoms. The fraction of sp³-hybridized carbons (Fsp3) is 0.182. The maximum Gasteiger partial charge on any atom is 0.573 e. The Morgan fingerprint density at radius 3 is 2.41 bits per heavy atom. The van der Waals surface area contributed by atoms with Crippen LogP contribution in [0.3, 0.4) is 0 Å². The first-order valence-electron chi connectivity index (χ1n) is 4.75. The van der Waals surface area contributed by atoms with Crippen LogP contribution in [-0.4, -0.2) is 11.3 Å². The number of hydrogen-bond donors (Lipinski definition) is 0. The van der Waals surface area contributed by atoms with Gasteiger partial charge in [-0.3, -0.25) is 4.98 Å². The Kier molecular flexibility index (Phi) is 3.33. The van der Waals surface area contributed by atoms with Crippen molar-refractivity contribution in [1.29, 1.82) is 0 Å². The van der Waals surface area contributed by atoms with Crippen LogP contribution in [0, 0.1) is 0 Å². The van der Waals surface area contributed by atoms with Crippen molar-refractivity contribution in [2.24, 2.45) is 0 Å². The van der Waals surface area contributed by atoms with Crippen LogP contribution in [0.25, 0.3) is 0 Å². The van der Waals surface area contributed by atoms with Crippen molar-refractivity contribution < 1.29 is 17.9 Å². The van der Waals surface area contributed by atoms with E-state index < -0.39 is 6.36 Å². The van der Waals surface area contributed by atoms with Crippen LogP contribution in [0.4, 0.5) is 13.2 Å². The molecule has 1 aromatic heterocycles. The van der Waals surface area contributed by atoms with Gasteiger partial charge in [-0.15, -0.1) is 24.5 Å². The lowest BCUT2D eigenvalue weighted by atomic mass is 10.1. The van der Waals surface area contributed by atoms with E-state index in [0.29, 0.717) is 6.42 Å². The summed E-state index contributed by atoms with van der Waals surface area (Å²) in [5.74, 6) is -0.203. The van der Waals surface area contributed by atoms with E-state index in [4.69, 9.17) is 0 Å². The van der Waals surface area contributed by atoms with Crippen LogP contribution in [0.15, 0.2) is 36.0 Å². The van der Waals surface area contributed by atoms with Gasteiger partial charge in [0.1, 0.15) is 5.75 Å². The third-order valence-corrected chi connectivity index (χ3v) is 2.80. The summed E-state index contributed by atoms with van der Waals surface area (Å²) in [7, 11) is 0. The molecule has 1 heterocycles. The maximum atomic E-state index is 11.9. The highest BCUT2D eigenvalue weighted by molar-refractivity contribution is 7.09. The Balaban J connectivity index is 2.03. The molecule has 2 rings (SSSR count). The molecule has 2 aromatic rings. The van der Waals surface area contributed by atoms with Crippen molar-refractivity contribution in [3.8, 4) is 5.75 Å². The summed E-state index contributed by atoms with van der Waals surface area (Å²) in [6, 6.07) is 5.84. The van der Waals surface area contributed by atoms with Gasteiger partial charge >= 0.3 is 6.36 Å². The van der Waals surface area contributed by atoms with Crippen molar-refractivity contribution in [3.63, 3.8) is 0 Å². The maximum absolute atomic E-state index is 11.9. The minimum atomic E-state index is -4.64. The Morgan fingerprint density at radius 1 is 1.18 bits per heavy atom. The van der Waals surface area contributed by atoms with Crippen LogP contribution in [0.5, 0.6) is 5.75 Å². The first-order chi connectivity index (χ1) is 8.03. The normalized spacial score (nSPS) is 11.5. The van der Waals surface area contributed by atoms with Gasteiger partial charge in [-0.1, -0.05) is 12.1 Å². The summed E-state index contributed by atoms with van der Waals surface area (Å²) in [4.78, 5) is 4.99. The van der Waals surface area contributed by atoms with E-state index >= 15 is 0 Å². The molecule has 0 atom stereocenters. The lowest BCUT2D eigenvalue weighted by Gasteiger charge is -2.08. The van der Waals surface area contributed by atoms with Crippen LogP contribution in [0.2, 0.25) is 0 Å². The van der Waals surface area contributed by atoms with E-state index in [1.807, 2.05) is 0 Å². The van der Waals surface area contributed by atoms with Crippen molar-refractivity contribution >= 4 is 11.3 Å². The van der Waals surface area contributed by atoms with E-state index in [2.05, 4.69) is 9.72 Å². The predicted molar refractivity (Wildman–Crippen MR) is 58.0 cm³/mol. The van der Waals surface area contributed by atoms with Crippen molar-refractivity contribution in [2.75, 3.05) is 0 Å². The van der Waals surface area contributed by atoms with Gasteiger partial charge in [-0.05, 0) is 17.7 Å². The number of nitrogens with zero attached hydrogens (tertiary/aromatic N) is 1. The van der Waals surface area contributed by atoms with Gasteiger partial charge in [0.05, 0.1) is 5.51 Å². The highest BCUT2D eigenvalue weighted by Gasteiger charge is 2.30. The van der Waals surface area contributed by atoms with Crippen LogP contribution < -0.4 is 4.74 Å². The quantitative estimate of drug-likeness (QED) is 0.839. The van der Waals surface area contributed by atoms with Gasteiger partial charge in [-0.25, -0.2) is 0 Å². The van der Waals surface area contributed by atoms with E-state index in [1.54, 1.807) is 23.8 Å². The Labute approximate surface area is 99.7 Å². The molecule has 0 N–H and O–H groups in total. The van der Waals surface area contributed by atoms with Crippen LogP contribution in [0.1, 0.15) is 10.4 Å². The van der Waals surface area contributed by atoms with E-state index in [1.165, 1.54) is 23.5 Å². The largest absolute Gasteiger partial charge is 0.573 e. The monoisotopic (exact) mass is 259 g/mol. The summed E-state index contributed by atoms with van der Waals surface area (Å²) < 4.78 is 39.5. The number of rotatable bonds is 3. The molecule has 17 heavy (non-hydrogen) atoms. The van der Waals surface area contributed by atoms with Gasteiger partial charge in [0.2, 0.25) is 0 Å². The highest BCUT2D eigenvalue weighted by Crippen LogP contribution is 2.23. The molecule has 0 amide bonds. The molecule has 0 fully saturated rings. The van der Waals surface area contributed by atoms with Gasteiger partial charge in [0.25, 0.3) is 0 Å². The first kappa shape index (κ1) is 11.9. The Bertz CT molecular complexity index is 464. The predicted octanol–water partition coefficient (Wildman–Crippen LogP) is 3.63. The first-order valence-corrected chi connectivity index (χ1v) is 5.63. The summed E-state index contributed by atoms with van der Waals surface area (Å²) in [6.45, 7) is 0. The van der Waals surface area contributed by atoms with Crippen molar-refractivity contribution in [3.05, 3.63) is 46.4 Å². The molecule has 1 aromatic carbocycles. The molecule has 6 heteroatoms. The Hall–Kier alpha value is -1.56. The number of ether oxygens (including phenoxy) is 1. The second kappa shape index (κ2) is 4.75. The molecule has 0 aliphatic heterocycles. The summed E-state index contributed by atoms with van der Waals surface area (Å²) in [5.41, 5.74) is 2.64. The summed E-state index contributed by atoms with van der Waals surface area (Å²) in [5, 5.41) is 0. The standard InChI is InChI=1S/C11H8F3NOS/c12-11(13,14)16-9-3-1-8(2-4-9)5-10-6-15-7-17-10/h1-4,6-7H,5H2. The molecule has 0 spiro atoms. The van der Waals surface area contributed by atoms with Crippen LogP contribution >= 0.6 is 11.3 Å². The molecular weight excluding hydrogens is 251 g/mol. The minimum Gasteiger partial charge on any atom is -0.406 e. The number of halogens is 3. The number of aromatic nitrogens is 1. The third kappa shape index (κ3) is 3.74. The molecule has 0 aliphatic carbocycles. The molecule has 0 unspecified atom stereocenters. The van der Waals surface area contributed by atoms with E-state index in [-0.39, 0.29) is 5.75 Å². The lowest BCUT2D eigenvalue weighted by Crippen LogP contribution is -2.17. The minimum absolute atomic E-state index is 0.203. The average molecular weight is 259 g/mol. The van der Waals surface area contributed by atoms with Crippen LogP contribution in [-0.2, 0) is 6.42 Å². The lowest BCUT2D eigenvalue weighted by molar-refractivity contribution is -0.274. The fourth-order valence-electron chi connectivity index (χ4n) is 1.34. The van der Waals surface area contributed by atoms with Gasteiger partial charge in [0, 0.05) is 17.5 Å². The fourth-order valence-corrected chi connectivity index (χ4v) is 1.97. The number of hydrogen-bond acceptors (Lipinski definition) is 3. The smallest absolute Gasteiger partial charge is 0.406 e. The zero-order valence-corrected chi connectivity index (χ0v) is 9.39. The molecule has 0 saturated carbocycles. The molecular formula is C11H8F3NOS. The van der Waals surface area contributed by atoms with Gasteiger partial charge < -0.3 is 4.74 Å². The second-order valence-electron chi connectivity index (χ2n) is 3.34. The number of thiazole rings is 1. The zero-order valence-electron chi connectivity index (χ0n) is 8.57. The summed E-state index contributed by atoms with van der Waals surface area (Å²) in [6.07, 6.45) is -2.24. The molecule has 0 radical (unpaired) electrons. The van der Waals surface area contributed by atoms with E-state index in [9.17, 15) is 13.2 Å². The number of alkyl halides is 3. The van der Waals surface area contributed by atoms with Crippen molar-refractivity contribution in [1.82, 2.24) is 4.98 Å². The summed E-state index contributed by atoms with van der Waals surface area (Å²) >= 11 is 1.51. The molecule has 2 nitrogen and oxygen atoms in total. The van der Waals surface area contributed by atoms with Gasteiger partial charge in [0.15, 0.2) is 0 Å². The zero-order chi connectivity index (χ0) is 12.3. The highest BCUT2D eigenvalue weighted by atomic mass is 32.1. The molecule has 90 valence electrons. The molecule has 0 aliphatic rings. The van der Waals surface area contributed by atoms with Gasteiger partial charge in [-0.2, -0.15) is 0 Å². The molecule has 0 saturated heterocycles. The SMILES string of the molecule is FC(F)(F)Oc1ccc(Cc2cncs2)cc1. The number of benzene rings is 1. The topological polar surface area (TPSA) is 22.1 Å². The Morgan fingerprint density at radius 2 is 1.88 bits per heavy atom. The van der Waals surface area contributed by atoms with E-state index in [0.717, 1.165) is 10.4 Å².